The Morgan fingerprint density at radius 2 is 1.72 bits per heavy atom. The number of aryl methyl sites for hydroxylation is 1. The standard InChI is InChI=1S/C27H39NO/c1-7-15-27(4,5)23-18-20(2)26(29-6)24(19-23)25(22-13-9-8-10-14-22)21(3)28-16-11-12-17-28/h8-10,13-14,18-19,21,25H,7,11-12,15-17H2,1-6H3. The van der Waals surface area contributed by atoms with Crippen molar-refractivity contribution >= 4 is 0 Å². The average Bonchev–Trinajstić information content (AvgIpc) is 3.23. The van der Waals surface area contributed by atoms with Gasteiger partial charge >= 0.3 is 0 Å². The van der Waals surface area contributed by atoms with Gasteiger partial charge in [0.15, 0.2) is 0 Å². The van der Waals surface area contributed by atoms with E-state index in [1.165, 1.54) is 61.0 Å². The molecule has 0 saturated carbocycles. The Morgan fingerprint density at radius 3 is 2.31 bits per heavy atom. The fraction of sp³-hybridized carbons (Fsp3) is 0.556. The zero-order valence-electron chi connectivity index (χ0n) is 19.3. The number of benzene rings is 2. The fourth-order valence-electron chi connectivity index (χ4n) is 5.21. The van der Waals surface area contributed by atoms with Gasteiger partial charge in [0.1, 0.15) is 5.75 Å². The molecule has 1 aliphatic rings. The van der Waals surface area contributed by atoms with Gasteiger partial charge in [-0.15, -0.1) is 0 Å². The van der Waals surface area contributed by atoms with Crippen molar-refractivity contribution in [2.75, 3.05) is 20.2 Å². The second-order valence-corrected chi connectivity index (χ2v) is 9.42. The molecule has 0 radical (unpaired) electrons. The predicted molar refractivity (Wildman–Crippen MR) is 124 cm³/mol. The van der Waals surface area contributed by atoms with Crippen molar-refractivity contribution in [2.45, 2.75) is 77.7 Å². The van der Waals surface area contributed by atoms with Gasteiger partial charge in [0.2, 0.25) is 0 Å². The van der Waals surface area contributed by atoms with Crippen LogP contribution in [0.3, 0.4) is 0 Å². The molecule has 0 N–H and O–H groups in total. The molecule has 0 spiro atoms. The van der Waals surface area contributed by atoms with Crippen LogP contribution in [0, 0.1) is 6.92 Å². The summed E-state index contributed by atoms with van der Waals surface area (Å²) in [6.45, 7) is 14.0. The molecule has 0 aromatic heterocycles. The van der Waals surface area contributed by atoms with Gasteiger partial charge in [-0.05, 0) is 68.3 Å². The maximum Gasteiger partial charge on any atom is 0.125 e. The summed E-state index contributed by atoms with van der Waals surface area (Å²) in [5.41, 5.74) is 5.58. The van der Waals surface area contributed by atoms with E-state index in [0.717, 1.165) is 5.75 Å². The van der Waals surface area contributed by atoms with Crippen LogP contribution >= 0.6 is 0 Å². The maximum atomic E-state index is 6.00. The lowest BCUT2D eigenvalue weighted by molar-refractivity contribution is 0.237. The molecule has 2 nitrogen and oxygen atoms in total. The third-order valence-corrected chi connectivity index (χ3v) is 6.86. The minimum absolute atomic E-state index is 0.165. The van der Waals surface area contributed by atoms with Crippen molar-refractivity contribution in [3.05, 3.63) is 64.7 Å². The first-order valence-electron chi connectivity index (χ1n) is 11.4. The molecular formula is C27H39NO. The summed E-state index contributed by atoms with van der Waals surface area (Å²) < 4.78 is 6.00. The molecule has 2 unspecified atom stereocenters. The van der Waals surface area contributed by atoms with Crippen LogP contribution in [-0.4, -0.2) is 31.1 Å². The molecule has 1 fully saturated rings. The van der Waals surface area contributed by atoms with Crippen LogP contribution < -0.4 is 4.74 Å². The minimum Gasteiger partial charge on any atom is -0.496 e. The minimum atomic E-state index is 0.165. The van der Waals surface area contributed by atoms with Crippen molar-refractivity contribution in [2.24, 2.45) is 0 Å². The van der Waals surface area contributed by atoms with Crippen LogP contribution in [0.15, 0.2) is 42.5 Å². The molecule has 0 bridgehead atoms. The van der Waals surface area contributed by atoms with Crippen LogP contribution in [0.5, 0.6) is 5.75 Å². The largest absolute Gasteiger partial charge is 0.496 e. The van der Waals surface area contributed by atoms with Gasteiger partial charge in [-0.3, -0.25) is 4.90 Å². The molecule has 2 atom stereocenters. The number of hydrogen-bond donors (Lipinski definition) is 0. The van der Waals surface area contributed by atoms with Crippen LogP contribution in [0.4, 0.5) is 0 Å². The number of methoxy groups -OCH3 is 1. The Kier molecular flexibility index (Phi) is 7.05. The normalized spacial score (nSPS) is 17.3. The van der Waals surface area contributed by atoms with E-state index in [4.69, 9.17) is 4.74 Å². The average molecular weight is 394 g/mol. The third kappa shape index (κ3) is 4.69. The molecule has 158 valence electrons. The first kappa shape index (κ1) is 21.9. The summed E-state index contributed by atoms with van der Waals surface area (Å²) in [5.74, 6) is 1.36. The van der Waals surface area contributed by atoms with Crippen molar-refractivity contribution in [3.63, 3.8) is 0 Å². The topological polar surface area (TPSA) is 12.5 Å². The predicted octanol–water partition coefficient (Wildman–Crippen LogP) is 6.70. The monoisotopic (exact) mass is 393 g/mol. The highest BCUT2D eigenvalue weighted by atomic mass is 16.5. The molecule has 2 heteroatoms. The Bertz CT molecular complexity index is 790. The Morgan fingerprint density at radius 1 is 1.07 bits per heavy atom. The van der Waals surface area contributed by atoms with Crippen LogP contribution in [0.1, 0.15) is 81.5 Å². The van der Waals surface area contributed by atoms with Crippen LogP contribution in [0.2, 0.25) is 0 Å². The Labute approximate surface area is 178 Å². The maximum absolute atomic E-state index is 6.00. The summed E-state index contributed by atoms with van der Waals surface area (Å²) in [7, 11) is 1.82. The van der Waals surface area contributed by atoms with Gasteiger partial charge in [-0.2, -0.15) is 0 Å². The van der Waals surface area contributed by atoms with Gasteiger partial charge in [0.05, 0.1) is 7.11 Å². The zero-order valence-corrected chi connectivity index (χ0v) is 19.3. The summed E-state index contributed by atoms with van der Waals surface area (Å²) in [4.78, 5) is 2.66. The Balaban J connectivity index is 2.16. The lowest BCUT2D eigenvalue weighted by atomic mass is 9.76. The van der Waals surface area contributed by atoms with Crippen molar-refractivity contribution < 1.29 is 4.74 Å². The van der Waals surface area contributed by atoms with E-state index in [2.05, 4.69) is 82.0 Å². The van der Waals surface area contributed by atoms with Crippen molar-refractivity contribution in [1.82, 2.24) is 4.90 Å². The molecule has 3 rings (SSSR count). The second-order valence-electron chi connectivity index (χ2n) is 9.42. The highest BCUT2D eigenvalue weighted by Crippen LogP contribution is 2.42. The van der Waals surface area contributed by atoms with Gasteiger partial charge in [-0.25, -0.2) is 0 Å². The number of nitrogens with zero attached hydrogens (tertiary/aromatic N) is 1. The number of rotatable bonds is 8. The number of ether oxygens (including phenoxy) is 1. The van der Waals surface area contributed by atoms with E-state index in [9.17, 15) is 0 Å². The lowest BCUT2D eigenvalue weighted by Crippen LogP contribution is -2.36. The van der Waals surface area contributed by atoms with Gasteiger partial charge in [0, 0.05) is 17.5 Å². The summed E-state index contributed by atoms with van der Waals surface area (Å²) in [6, 6.07) is 16.3. The highest BCUT2D eigenvalue weighted by Gasteiger charge is 2.32. The van der Waals surface area contributed by atoms with E-state index >= 15 is 0 Å². The third-order valence-electron chi connectivity index (χ3n) is 6.86. The lowest BCUT2D eigenvalue weighted by Gasteiger charge is -2.35. The Hall–Kier alpha value is -1.80. The molecule has 0 aliphatic carbocycles. The van der Waals surface area contributed by atoms with E-state index in [1.54, 1.807) is 0 Å². The van der Waals surface area contributed by atoms with Gasteiger partial charge in [0.25, 0.3) is 0 Å². The molecule has 1 heterocycles. The smallest absolute Gasteiger partial charge is 0.125 e. The highest BCUT2D eigenvalue weighted by molar-refractivity contribution is 5.51. The summed E-state index contributed by atoms with van der Waals surface area (Å²) >= 11 is 0. The second kappa shape index (κ2) is 9.34. The summed E-state index contributed by atoms with van der Waals surface area (Å²) in [6.07, 6.45) is 5.01. The summed E-state index contributed by atoms with van der Waals surface area (Å²) in [5, 5.41) is 0. The number of likely N-dealkylation sites (tertiary alicyclic amines) is 1. The van der Waals surface area contributed by atoms with Gasteiger partial charge in [-0.1, -0.05) is 69.7 Å². The van der Waals surface area contributed by atoms with Crippen molar-refractivity contribution in [3.8, 4) is 5.75 Å². The first-order chi connectivity index (χ1) is 13.9. The zero-order chi connectivity index (χ0) is 21.0. The van der Waals surface area contributed by atoms with E-state index in [0.29, 0.717) is 12.0 Å². The van der Waals surface area contributed by atoms with E-state index < -0.39 is 0 Å². The van der Waals surface area contributed by atoms with Gasteiger partial charge < -0.3 is 4.74 Å². The SMILES string of the molecule is CCCC(C)(C)c1cc(C)c(OC)c(C(c2ccccc2)C(C)N2CCCC2)c1. The van der Waals surface area contributed by atoms with Crippen LogP contribution in [0.25, 0.3) is 0 Å². The fourth-order valence-corrected chi connectivity index (χ4v) is 5.21. The molecule has 0 amide bonds. The first-order valence-corrected chi connectivity index (χ1v) is 11.4. The van der Waals surface area contributed by atoms with Crippen LogP contribution in [-0.2, 0) is 5.41 Å². The molecular weight excluding hydrogens is 354 g/mol. The quantitative estimate of drug-likeness (QED) is 0.495. The molecule has 29 heavy (non-hydrogen) atoms. The molecule has 1 saturated heterocycles. The molecule has 2 aromatic carbocycles. The van der Waals surface area contributed by atoms with E-state index in [-0.39, 0.29) is 5.41 Å². The molecule has 2 aromatic rings. The van der Waals surface area contributed by atoms with Crippen molar-refractivity contribution in [1.29, 1.82) is 0 Å². The molecule has 1 aliphatic heterocycles. The van der Waals surface area contributed by atoms with E-state index in [1.807, 2.05) is 7.11 Å². The number of hydrogen-bond acceptors (Lipinski definition) is 2.